The van der Waals surface area contributed by atoms with Crippen LogP contribution in [0.5, 0.6) is 5.75 Å². The highest BCUT2D eigenvalue weighted by Gasteiger charge is 2.26. The van der Waals surface area contributed by atoms with Crippen molar-refractivity contribution in [3.8, 4) is 5.75 Å². The van der Waals surface area contributed by atoms with Crippen LogP contribution in [-0.4, -0.2) is 19.7 Å². The Kier molecular flexibility index (Phi) is 6.75. The maximum Gasteiger partial charge on any atom is 0.151 e. The first-order chi connectivity index (χ1) is 14.8. The van der Waals surface area contributed by atoms with Gasteiger partial charge in [0.15, 0.2) is 6.10 Å². The summed E-state index contributed by atoms with van der Waals surface area (Å²) in [6, 6.07) is 35.1. The average Bonchev–Trinajstić information content (AvgIpc) is 2.82. The number of nitrogens with one attached hydrogen (secondary N) is 1. The van der Waals surface area contributed by atoms with Crippen molar-refractivity contribution in [2.45, 2.75) is 18.8 Å². The molecule has 3 heteroatoms. The lowest BCUT2D eigenvalue weighted by Crippen LogP contribution is -2.35. The van der Waals surface area contributed by atoms with Crippen LogP contribution in [0.2, 0.25) is 0 Å². The van der Waals surface area contributed by atoms with E-state index in [0.717, 1.165) is 27.6 Å². The molecule has 0 amide bonds. The van der Waals surface area contributed by atoms with Crippen molar-refractivity contribution in [1.29, 1.82) is 0 Å². The second-order valence-electron chi connectivity index (χ2n) is 7.32. The Labute approximate surface area is 178 Å². The predicted molar refractivity (Wildman–Crippen MR) is 123 cm³/mol. The lowest BCUT2D eigenvalue weighted by molar-refractivity contribution is -0.0337. The number of fused-ring (bicyclic) bond motifs is 1. The average molecular weight is 398 g/mol. The molecule has 0 fully saturated rings. The summed E-state index contributed by atoms with van der Waals surface area (Å²) in [5, 5.41) is 5.54. The lowest BCUT2D eigenvalue weighted by Gasteiger charge is -2.29. The smallest absolute Gasteiger partial charge is 0.151 e. The van der Waals surface area contributed by atoms with Crippen molar-refractivity contribution in [3.63, 3.8) is 0 Å². The maximum absolute atomic E-state index is 6.65. The summed E-state index contributed by atoms with van der Waals surface area (Å²) in [5.74, 6) is 0.867. The molecule has 0 aliphatic rings. The van der Waals surface area contributed by atoms with Gasteiger partial charge in [0.25, 0.3) is 0 Å². The first kappa shape index (κ1) is 20.1. The SMILES string of the molecule is CNCC(OCc1ccccc1)C(Oc1cccc2ccccc12)c1ccccc1. The zero-order valence-electron chi connectivity index (χ0n) is 17.2. The molecule has 0 aliphatic carbocycles. The second-order valence-corrected chi connectivity index (χ2v) is 7.32. The van der Waals surface area contributed by atoms with E-state index in [1.165, 1.54) is 0 Å². The normalized spacial score (nSPS) is 13.1. The van der Waals surface area contributed by atoms with E-state index in [1.54, 1.807) is 0 Å². The van der Waals surface area contributed by atoms with Gasteiger partial charge < -0.3 is 14.8 Å². The number of rotatable bonds is 9. The molecule has 3 nitrogen and oxygen atoms in total. The van der Waals surface area contributed by atoms with E-state index >= 15 is 0 Å². The van der Waals surface area contributed by atoms with Gasteiger partial charge in [-0.3, -0.25) is 0 Å². The van der Waals surface area contributed by atoms with E-state index in [-0.39, 0.29) is 12.2 Å². The Morgan fingerprint density at radius 3 is 2.17 bits per heavy atom. The third-order valence-electron chi connectivity index (χ3n) is 5.18. The molecular weight excluding hydrogens is 370 g/mol. The fourth-order valence-electron chi connectivity index (χ4n) is 3.67. The van der Waals surface area contributed by atoms with Crippen LogP contribution in [0.1, 0.15) is 17.2 Å². The molecule has 2 atom stereocenters. The highest BCUT2D eigenvalue weighted by molar-refractivity contribution is 5.88. The van der Waals surface area contributed by atoms with Crippen LogP contribution in [-0.2, 0) is 11.3 Å². The van der Waals surface area contributed by atoms with Crippen LogP contribution >= 0.6 is 0 Å². The number of hydrogen-bond acceptors (Lipinski definition) is 3. The molecule has 0 aromatic heterocycles. The van der Waals surface area contributed by atoms with Crippen LogP contribution in [0.15, 0.2) is 103 Å². The number of ether oxygens (including phenoxy) is 2. The van der Waals surface area contributed by atoms with Gasteiger partial charge in [-0.05, 0) is 29.6 Å². The highest BCUT2D eigenvalue weighted by atomic mass is 16.5. The first-order valence-electron chi connectivity index (χ1n) is 10.3. The molecule has 1 N–H and O–H groups in total. The van der Waals surface area contributed by atoms with Gasteiger partial charge in [-0.2, -0.15) is 0 Å². The molecule has 4 rings (SSSR count). The van der Waals surface area contributed by atoms with Gasteiger partial charge >= 0.3 is 0 Å². The number of hydrogen-bond donors (Lipinski definition) is 1. The largest absolute Gasteiger partial charge is 0.482 e. The van der Waals surface area contributed by atoms with Crippen LogP contribution < -0.4 is 10.1 Å². The zero-order valence-corrected chi connectivity index (χ0v) is 17.2. The van der Waals surface area contributed by atoms with E-state index in [0.29, 0.717) is 13.2 Å². The maximum atomic E-state index is 6.65. The van der Waals surface area contributed by atoms with Crippen molar-refractivity contribution in [2.24, 2.45) is 0 Å². The van der Waals surface area contributed by atoms with Gasteiger partial charge in [-0.25, -0.2) is 0 Å². The van der Waals surface area contributed by atoms with Crippen molar-refractivity contribution < 1.29 is 9.47 Å². The fourth-order valence-corrected chi connectivity index (χ4v) is 3.67. The second kappa shape index (κ2) is 10.1. The third kappa shape index (κ3) is 4.88. The van der Waals surface area contributed by atoms with E-state index in [1.807, 2.05) is 67.7 Å². The van der Waals surface area contributed by atoms with E-state index in [4.69, 9.17) is 9.47 Å². The van der Waals surface area contributed by atoms with E-state index in [2.05, 4.69) is 47.8 Å². The molecule has 4 aromatic carbocycles. The standard InChI is InChI=1S/C27H27NO2/c1-28-19-26(29-20-21-11-4-2-5-12-21)27(23-14-6-3-7-15-23)30-25-18-10-16-22-13-8-9-17-24(22)25/h2-18,26-28H,19-20H2,1H3. The quantitative estimate of drug-likeness (QED) is 0.389. The Balaban J connectivity index is 1.65. The molecule has 0 saturated carbocycles. The Morgan fingerprint density at radius 2 is 1.40 bits per heavy atom. The monoisotopic (exact) mass is 397 g/mol. The van der Waals surface area contributed by atoms with Gasteiger partial charge in [-0.15, -0.1) is 0 Å². The third-order valence-corrected chi connectivity index (χ3v) is 5.18. The van der Waals surface area contributed by atoms with Crippen LogP contribution in [0, 0.1) is 0 Å². The molecule has 152 valence electrons. The lowest BCUT2D eigenvalue weighted by atomic mass is 10.0. The summed E-state index contributed by atoms with van der Waals surface area (Å²) in [6.45, 7) is 1.21. The van der Waals surface area contributed by atoms with E-state index in [9.17, 15) is 0 Å². The van der Waals surface area contributed by atoms with Crippen molar-refractivity contribution in [1.82, 2.24) is 5.32 Å². The zero-order chi connectivity index (χ0) is 20.6. The summed E-state index contributed by atoms with van der Waals surface area (Å²) in [7, 11) is 1.94. The molecule has 0 spiro atoms. The summed E-state index contributed by atoms with van der Waals surface area (Å²) < 4.78 is 13.0. The molecule has 0 radical (unpaired) electrons. The Morgan fingerprint density at radius 1 is 0.733 bits per heavy atom. The van der Waals surface area contributed by atoms with Crippen LogP contribution in [0.4, 0.5) is 0 Å². The minimum Gasteiger partial charge on any atom is -0.482 e. The Bertz CT molecular complexity index is 1040. The van der Waals surface area contributed by atoms with Gasteiger partial charge in [0.2, 0.25) is 0 Å². The molecule has 0 bridgehead atoms. The minimum absolute atomic E-state index is 0.156. The van der Waals surface area contributed by atoms with Crippen LogP contribution in [0.25, 0.3) is 10.8 Å². The molecule has 30 heavy (non-hydrogen) atoms. The Hall–Kier alpha value is -3.14. The van der Waals surface area contributed by atoms with Gasteiger partial charge in [0, 0.05) is 11.9 Å². The summed E-state index contributed by atoms with van der Waals surface area (Å²) in [5.41, 5.74) is 2.24. The predicted octanol–water partition coefficient (Wildman–Crippen LogP) is 5.76. The fraction of sp³-hybridized carbons (Fsp3) is 0.185. The minimum atomic E-state index is -0.242. The van der Waals surface area contributed by atoms with Crippen LogP contribution in [0.3, 0.4) is 0 Å². The van der Waals surface area contributed by atoms with E-state index < -0.39 is 0 Å². The highest BCUT2D eigenvalue weighted by Crippen LogP contribution is 2.32. The molecule has 4 aromatic rings. The molecule has 2 unspecified atom stereocenters. The van der Waals surface area contributed by atoms with Crippen molar-refractivity contribution in [3.05, 3.63) is 114 Å². The molecule has 0 saturated heterocycles. The topological polar surface area (TPSA) is 30.5 Å². The molecular formula is C27H27NO2. The summed E-state index contributed by atoms with van der Waals surface area (Å²) in [6.07, 6.45) is -0.398. The van der Waals surface area contributed by atoms with Gasteiger partial charge in [0.05, 0.1) is 6.61 Å². The molecule has 0 heterocycles. The summed E-state index contributed by atoms with van der Waals surface area (Å²) >= 11 is 0. The summed E-state index contributed by atoms with van der Waals surface area (Å²) in [4.78, 5) is 0. The number of benzene rings is 4. The van der Waals surface area contributed by atoms with Gasteiger partial charge in [-0.1, -0.05) is 97.1 Å². The first-order valence-corrected chi connectivity index (χ1v) is 10.3. The number of likely N-dealkylation sites (N-methyl/N-ethyl adjacent to an activating group) is 1. The van der Waals surface area contributed by atoms with Gasteiger partial charge in [0.1, 0.15) is 11.9 Å². The van der Waals surface area contributed by atoms with Crippen molar-refractivity contribution >= 4 is 10.8 Å². The molecule has 0 aliphatic heterocycles. The van der Waals surface area contributed by atoms with Crippen molar-refractivity contribution in [2.75, 3.05) is 13.6 Å².